The van der Waals surface area contributed by atoms with Crippen molar-refractivity contribution in [2.24, 2.45) is 7.05 Å². The Hall–Kier alpha value is -2.08. The third kappa shape index (κ3) is 2.98. The largest absolute Gasteiger partial charge is 0.495 e. The Labute approximate surface area is 111 Å². The first-order chi connectivity index (χ1) is 8.69. The minimum atomic E-state index is 0.471. The van der Waals surface area contributed by atoms with Gasteiger partial charge >= 0.3 is 0 Å². The number of benzene rings is 1. The number of aryl methyl sites for hydroxylation is 1. The number of para-hydroxylation sites is 2. The van der Waals surface area contributed by atoms with Gasteiger partial charge in [0, 0.05) is 19.3 Å². The van der Waals surface area contributed by atoms with Crippen molar-refractivity contribution in [3.05, 3.63) is 36.5 Å². The smallest absolute Gasteiger partial charge is 0.176 e. The Morgan fingerprint density at radius 2 is 2.06 bits per heavy atom. The lowest BCUT2D eigenvalue weighted by atomic mass is 10.3. The van der Waals surface area contributed by atoms with E-state index in [-0.39, 0.29) is 0 Å². The Kier molecular flexibility index (Phi) is 3.78. The van der Waals surface area contributed by atoms with Crippen molar-refractivity contribution in [2.75, 3.05) is 17.7 Å². The lowest BCUT2D eigenvalue weighted by molar-refractivity contribution is 0.417. The Morgan fingerprint density at radius 3 is 2.72 bits per heavy atom. The second-order valence-electron chi connectivity index (χ2n) is 3.65. The first-order valence-corrected chi connectivity index (χ1v) is 5.80. The van der Waals surface area contributed by atoms with Gasteiger partial charge in [0.2, 0.25) is 0 Å². The molecule has 2 aromatic rings. The molecule has 1 aromatic carbocycles. The molecule has 5 nitrogen and oxygen atoms in total. The highest BCUT2D eigenvalue weighted by molar-refractivity contribution is 7.80. The number of ether oxygens (including phenoxy) is 1. The van der Waals surface area contributed by atoms with E-state index >= 15 is 0 Å². The molecule has 0 saturated carbocycles. The van der Waals surface area contributed by atoms with Crippen LogP contribution in [-0.4, -0.2) is 22.0 Å². The summed E-state index contributed by atoms with van der Waals surface area (Å²) >= 11 is 5.21. The number of nitrogens with zero attached hydrogens (tertiary/aromatic N) is 2. The fourth-order valence-electron chi connectivity index (χ4n) is 1.50. The molecule has 0 amide bonds. The molecule has 1 aromatic heterocycles. The molecule has 2 rings (SSSR count). The fourth-order valence-corrected chi connectivity index (χ4v) is 1.71. The third-order valence-corrected chi connectivity index (χ3v) is 2.51. The molecular formula is C12H14N4OS. The van der Waals surface area contributed by atoms with E-state index in [1.165, 1.54) is 0 Å². The zero-order chi connectivity index (χ0) is 13.0. The van der Waals surface area contributed by atoms with Gasteiger partial charge in [-0.1, -0.05) is 12.1 Å². The maximum Gasteiger partial charge on any atom is 0.176 e. The Bertz CT molecular complexity index is 553. The summed E-state index contributed by atoms with van der Waals surface area (Å²) in [6.45, 7) is 0. The highest BCUT2D eigenvalue weighted by atomic mass is 32.1. The molecule has 0 radical (unpaired) electrons. The first-order valence-electron chi connectivity index (χ1n) is 5.39. The van der Waals surface area contributed by atoms with Gasteiger partial charge < -0.3 is 15.4 Å². The van der Waals surface area contributed by atoms with E-state index < -0.39 is 0 Å². The number of nitrogens with one attached hydrogen (secondary N) is 2. The van der Waals surface area contributed by atoms with Gasteiger partial charge in [-0.05, 0) is 24.4 Å². The summed E-state index contributed by atoms with van der Waals surface area (Å²) in [5.41, 5.74) is 0.813. The van der Waals surface area contributed by atoms with Crippen molar-refractivity contribution in [1.29, 1.82) is 0 Å². The topological polar surface area (TPSA) is 51.1 Å². The zero-order valence-electron chi connectivity index (χ0n) is 10.2. The summed E-state index contributed by atoms with van der Waals surface area (Å²) in [6, 6.07) is 9.42. The van der Waals surface area contributed by atoms with Crippen LogP contribution in [0.2, 0.25) is 0 Å². The van der Waals surface area contributed by atoms with Gasteiger partial charge in [0.05, 0.1) is 12.8 Å². The molecule has 0 bridgehead atoms. The zero-order valence-corrected chi connectivity index (χ0v) is 11.0. The third-order valence-electron chi connectivity index (χ3n) is 2.31. The van der Waals surface area contributed by atoms with Crippen LogP contribution < -0.4 is 15.4 Å². The van der Waals surface area contributed by atoms with Gasteiger partial charge in [-0.15, -0.1) is 0 Å². The number of hydrogen-bond donors (Lipinski definition) is 2. The molecule has 6 heteroatoms. The van der Waals surface area contributed by atoms with Crippen LogP contribution in [0, 0.1) is 0 Å². The van der Waals surface area contributed by atoms with E-state index in [4.69, 9.17) is 17.0 Å². The van der Waals surface area contributed by atoms with E-state index in [2.05, 4.69) is 15.7 Å². The van der Waals surface area contributed by atoms with Crippen LogP contribution in [0.3, 0.4) is 0 Å². The number of thiocarbonyl (C=S) groups is 1. The maximum absolute atomic E-state index is 5.23. The fraction of sp³-hybridized carbons (Fsp3) is 0.167. The second-order valence-corrected chi connectivity index (χ2v) is 4.06. The Morgan fingerprint density at radius 1 is 1.28 bits per heavy atom. The molecule has 0 aliphatic carbocycles. The molecule has 0 saturated heterocycles. The number of anilines is 2. The van der Waals surface area contributed by atoms with Crippen LogP contribution in [0.25, 0.3) is 0 Å². The lowest BCUT2D eigenvalue weighted by Gasteiger charge is -2.11. The standard InChI is InChI=1S/C12H14N4OS/c1-16-8-7-11(15-16)14-12(18)13-9-5-3-4-6-10(9)17-2/h3-8H,1-2H3,(H2,13,14,15,18). The van der Waals surface area contributed by atoms with Crippen molar-refractivity contribution < 1.29 is 4.74 Å². The van der Waals surface area contributed by atoms with E-state index in [0.29, 0.717) is 10.9 Å². The molecule has 0 unspecified atom stereocenters. The van der Waals surface area contributed by atoms with Crippen LogP contribution >= 0.6 is 12.2 Å². The minimum absolute atomic E-state index is 0.471. The molecule has 0 aliphatic rings. The van der Waals surface area contributed by atoms with Gasteiger partial charge in [0.25, 0.3) is 0 Å². The highest BCUT2D eigenvalue weighted by Crippen LogP contribution is 2.23. The van der Waals surface area contributed by atoms with Crippen molar-refractivity contribution in [3.63, 3.8) is 0 Å². The molecule has 0 atom stereocenters. The first kappa shape index (κ1) is 12.4. The number of methoxy groups -OCH3 is 1. The van der Waals surface area contributed by atoms with Gasteiger partial charge in [0.15, 0.2) is 10.9 Å². The van der Waals surface area contributed by atoms with Crippen LogP contribution in [0.4, 0.5) is 11.5 Å². The normalized spacial score (nSPS) is 9.89. The predicted molar refractivity (Wildman–Crippen MR) is 76.0 cm³/mol. The minimum Gasteiger partial charge on any atom is -0.495 e. The van der Waals surface area contributed by atoms with E-state index in [1.54, 1.807) is 11.8 Å². The summed E-state index contributed by atoms with van der Waals surface area (Å²) in [7, 11) is 3.47. The van der Waals surface area contributed by atoms with Gasteiger partial charge in [-0.2, -0.15) is 5.10 Å². The average molecular weight is 262 g/mol. The summed E-state index contributed by atoms with van der Waals surface area (Å²) in [4.78, 5) is 0. The number of hydrogen-bond acceptors (Lipinski definition) is 3. The molecule has 1 heterocycles. The van der Waals surface area contributed by atoms with Crippen LogP contribution in [0.15, 0.2) is 36.5 Å². The second kappa shape index (κ2) is 5.50. The molecule has 0 spiro atoms. The van der Waals surface area contributed by atoms with E-state index in [9.17, 15) is 0 Å². The number of aromatic nitrogens is 2. The summed E-state index contributed by atoms with van der Waals surface area (Å²) < 4.78 is 6.93. The molecule has 0 aliphatic heterocycles. The molecule has 2 N–H and O–H groups in total. The van der Waals surface area contributed by atoms with Crippen molar-refractivity contribution in [3.8, 4) is 5.75 Å². The van der Waals surface area contributed by atoms with Crippen LogP contribution in [-0.2, 0) is 7.05 Å². The van der Waals surface area contributed by atoms with Gasteiger partial charge in [-0.3, -0.25) is 4.68 Å². The summed E-state index contributed by atoms with van der Waals surface area (Å²) in [6.07, 6.45) is 1.84. The quantitative estimate of drug-likeness (QED) is 0.831. The monoisotopic (exact) mass is 262 g/mol. The lowest BCUT2D eigenvalue weighted by Crippen LogP contribution is -2.19. The van der Waals surface area contributed by atoms with Crippen LogP contribution in [0.5, 0.6) is 5.75 Å². The molecule has 94 valence electrons. The van der Waals surface area contributed by atoms with Crippen molar-refractivity contribution in [2.45, 2.75) is 0 Å². The average Bonchev–Trinajstić information content (AvgIpc) is 2.75. The van der Waals surface area contributed by atoms with Gasteiger partial charge in [-0.25, -0.2) is 0 Å². The van der Waals surface area contributed by atoms with Crippen molar-refractivity contribution in [1.82, 2.24) is 9.78 Å². The predicted octanol–water partition coefficient (Wildman–Crippen LogP) is 2.24. The highest BCUT2D eigenvalue weighted by Gasteiger charge is 2.04. The molecule has 18 heavy (non-hydrogen) atoms. The van der Waals surface area contributed by atoms with Gasteiger partial charge in [0.1, 0.15) is 5.75 Å². The summed E-state index contributed by atoms with van der Waals surface area (Å²) in [5, 5.41) is 10.7. The van der Waals surface area contributed by atoms with E-state index in [0.717, 1.165) is 11.4 Å². The molecular weight excluding hydrogens is 248 g/mol. The number of rotatable bonds is 3. The van der Waals surface area contributed by atoms with Crippen LogP contribution in [0.1, 0.15) is 0 Å². The molecule has 0 fully saturated rings. The SMILES string of the molecule is COc1ccccc1NC(=S)Nc1ccn(C)n1. The van der Waals surface area contributed by atoms with E-state index in [1.807, 2.05) is 43.6 Å². The Balaban J connectivity index is 2.03. The maximum atomic E-state index is 5.23. The summed E-state index contributed by atoms with van der Waals surface area (Å²) in [5.74, 6) is 1.44. The van der Waals surface area contributed by atoms with Crippen molar-refractivity contribution >= 4 is 28.8 Å².